The molecule has 3 aromatic rings. The van der Waals surface area contributed by atoms with Gasteiger partial charge in [0, 0.05) is 16.0 Å². The molecule has 0 spiro atoms. The number of nitrogens with zero attached hydrogens (tertiary/aromatic N) is 3. The highest BCUT2D eigenvalue weighted by molar-refractivity contribution is 9.10. The van der Waals surface area contributed by atoms with E-state index >= 15 is 0 Å². The van der Waals surface area contributed by atoms with E-state index in [-0.39, 0.29) is 18.3 Å². The number of hydrogen-bond acceptors (Lipinski definition) is 5. The van der Waals surface area contributed by atoms with Crippen molar-refractivity contribution in [3.05, 3.63) is 63.3 Å². The Bertz CT molecular complexity index is 995. The van der Waals surface area contributed by atoms with Gasteiger partial charge in [-0.15, -0.1) is 10.2 Å². The lowest BCUT2D eigenvalue weighted by Gasteiger charge is -2.10. The van der Waals surface area contributed by atoms with Crippen LogP contribution >= 0.6 is 39.3 Å². The van der Waals surface area contributed by atoms with Gasteiger partial charge in [-0.25, -0.2) is 0 Å². The third-order valence-electron chi connectivity index (χ3n) is 4.02. The van der Waals surface area contributed by atoms with Crippen molar-refractivity contribution in [3.8, 4) is 5.75 Å². The molecule has 1 N–H and O–H groups in total. The summed E-state index contributed by atoms with van der Waals surface area (Å²) in [4.78, 5) is 12.3. The molecule has 1 heterocycles. The molecule has 0 fully saturated rings. The van der Waals surface area contributed by atoms with E-state index in [0.717, 1.165) is 15.7 Å². The number of carbonyl (C=O) groups excluding carboxylic acids is 1. The van der Waals surface area contributed by atoms with E-state index in [0.29, 0.717) is 28.3 Å². The number of thioether (sulfide) groups is 1. The van der Waals surface area contributed by atoms with Gasteiger partial charge in [0.05, 0.1) is 11.4 Å². The first-order valence-corrected chi connectivity index (χ1v) is 11.1. The Hall–Kier alpha value is -2.03. The van der Waals surface area contributed by atoms with Crippen molar-refractivity contribution in [1.82, 2.24) is 14.8 Å². The minimum absolute atomic E-state index is 0.107. The lowest BCUT2D eigenvalue weighted by Crippen LogP contribution is -2.15. The summed E-state index contributed by atoms with van der Waals surface area (Å²) in [6, 6.07) is 12.9. The smallest absolute Gasteiger partial charge is 0.234 e. The average molecular weight is 496 g/mol. The van der Waals surface area contributed by atoms with Crippen LogP contribution in [0.3, 0.4) is 0 Å². The minimum Gasteiger partial charge on any atom is -0.486 e. The van der Waals surface area contributed by atoms with Crippen molar-refractivity contribution in [3.63, 3.8) is 0 Å². The molecular weight excluding hydrogens is 476 g/mol. The van der Waals surface area contributed by atoms with Gasteiger partial charge in [0.2, 0.25) is 5.91 Å². The second-order valence-electron chi connectivity index (χ2n) is 6.21. The average Bonchev–Trinajstić information content (AvgIpc) is 3.10. The number of benzene rings is 2. The molecule has 0 atom stereocenters. The SMILES string of the molecule is CCn1c(COc2ccc(Cl)cc2)nnc1SCC(=O)Nc1ccc(C)cc1Br. The molecule has 0 aliphatic rings. The Morgan fingerprint density at radius 1 is 1.24 bits per heavy atom. The summed E-state index contributed by atoms with van der Waals surface area (Å²) in [5.74, 6) is 1.53. The maximum atomic E-state index is 12.3. The van der Waals surface area contributed by atoms with Gasteiger partial charge < -0.3 is 14.6 Å². The van der Waals surface area contributed by atoms with Crippen molar-refractivity contribution >= 4 is 50.9 Å². The molecule has 1 amide bonds. The third-order valence-corrected chi connectivity index (χ3v) is 5.90. The summed E-state index contributed by atoms with van der Waals surface area (Å²) in [7, 11) is 0. The van der Waals surface area contributed by atoms with E-state index in [1.54, 1.807) is 24.3 Å². The van der Waals surface area contributed by atoms with Gasteiger partial charge in [-0.2, -0.15) is 0 Å². The minimum atomic E-state index is -0.107. The molecule has 29 heavy (non-hydrogen) atoms. The van der Waals surface area contributed by atoms with Crippen molar-refractivity contribution in [2.45, 2.75) is 32.2 Å². The fraction of sp³-hybridized carbons (Fsp3) is 0.250. The summed E-state index contributed by atoms with van der Waals surface area (Å²) in [6.45, 7) is 4.96. The van der Waals surface area contributed by atoms with Gasteiger partial charge in [-0.3, -0.25) is 4.79 Å². The quantitative estimate of drug-likeness (QED) is 0.428. The normalized spacial score (nSPS) is 10.8. The molecule has 0 radical (unpaired) electrons. The van der Waals surface area contributed by atoms with Gasteiger partial charge in [0.15, 0.2) is 11.0 Å². The molecule has 3 rings (SSSR count). The second kappa shape index (κ2) is 10.1. The largest absolute Gasteiger partial charge is 0.486 e. The lowest BCUT2D eigenvalue weighted by molar-refractivity contribution is -0.113. The summed E-state index contributed by atoms with van der Waals surface area (Å²) < 4.78 is 8.55. The second-order valence-corrected chi connectivity index (χ2v) is 8.44. The number of aryl methyl sites for hydroxylation is 1. The van der Waals surface area contributed by atoms with Crippen molar-refractivity contribution < 1.29 is 9.53 Å². The zero-order valence-electron chi connectivity index (χ0n) is 16.0. The van der Waals surface area contributed by atoms with E-state index < -0.39 is 0 Å². The van der Waals surface area contributed by atoms with Crippen LogP contribution in [-0.4, -0.2) is 26.4 Å². The zero-order chi connectivity index (χ0) is 20.8. The third kappa shape index (κ3) is 5.98. The summed E-state index contributed by atoms with van der Waals surface area (Å²) in [5.41, 5.74) is 1.86. The van der Waals surface area contributed by atoms with Crippen LogP contribution < -0.4 is 10.1 Å². The first-order chi connectivity index (χ1) is 14.0. The van der Waals surface area contributed by atoms with Crippen LogP contribution in [0.15, 0.2) is 52.1 Å². The molecule has 0 saturated carbocycles. The molecule has 6 nitrogen and oxygen atoms in total. The van der Waals surface area contributed by atoms with Crippen LogP contribution in [0.4, 0.5) is 5.69 Å². The van der Waals surface area contributed by atoms with Crippen LogP contribution in [0.1, 0.15) is 18.3 Å². The molecular formula is C20H20BrClN4O2S. The van der Waals surface area contributed by atoms with E-state index in [1.807, 2.05) is 36.6 Å². The Morgan fingerprint density at radius 2 is 2.00 bits per heavy atom. The van der Waals surface area contributed by atoms with Crippen molar-refractivity contribution in [2.75, 3.05) is 11.1 Å². The van der Waals surface area contributed by atoms with E-state index in [1.165, 1.54) is 11.8 Å². The topological polar surface area (TPSA) is 69.0 Å². The van der Waals surface area contributed by atoms with Crippen molar-refractivity contribution in [1.29, 1.82) is 0 Å². The summed E-state index contributed by atoms with van der Waals surface area (Å²) in [5, 5.41) is 12.7. The maximum absolute atomic E-state index is 12.3. The maximum Gasteiger partial charge on any atom is 0.234 e. The Morgan fingerprint density at radius 3 is 2.69 bits per heavy atom. The first-order valence-electron chi connectivity index (χ1n) is 8.95. The Kier molecular flexibility index (Phi) is 7.57. The van der Waals surface area contributed by atoms with Gasteiger partial charge in [-0.05, 0) is 71.7 Å². The number of aromatic nitrogens is 3. The Balaban J connectivity index is 1.58. The van der Waals surface area contributed by atoms with E-state index in [2.05, 4.69) is 31.4 Å². The number of halogens is 2. The standard InChI is InChI=1S/C20H20BrClN4O2S/c1-3-26-18(11-28-15-7-5-14(22)6-8-15)24-25-20(26)29-12-19(27)23-17-9-4-13(2)10-16(17)21/h4-10H,3,11-12H2,1-2H3,(H,23,27). The fourth-order valence-electron chi connectivity index (χ4n) is 2.57. The van der Waals surface area contributed by atoms with Gasteiger partial charge in [0.1, 0.15) is 12.4 Å². The van der Waals surface area contributed by atoms with E-state index in [9.17, 15) is 4.79 Å². The van der Waals surface area contributed by atoms with Crippen LogP contribution in [-0.2, 0) is 17.9 Å². The first kappa shape index (κ1) is 21.7. The van der Waals surface area contributed by atoms with Crippen LogP contribution in [0.5, 0.6) is 5.75 Å². The molecule has 0 aliphatic heterocycles. The highest BCUT2D eigenvalue weighted by atomic mass is 79.9. The highest BCUT2D eigenvalue weighted by Crippen LogP contribution is 2.24. The van der Waals surface area contributed by atoms with Crippen LogP contribution in [0, 0.1) is 6.92 Å². The predicted molar refractivity (Wildman–Crippen MR) is 120 cm³/mol. The molecule has 9 heteroatoms. The van der Waals surface area contributed by atoms with Gasteiger partial charge in [-0.1, -0.05) is 29.4 Å². The fourth-order valence-corrected chi connectivity index (χ4v) is 4.11. The highest BCUT2D eigenvalue weighted by Gasteiger charge is 2.14. The molecule has 0 unspecified atom stereocenters. The molecule has 2 aromatic carbocycles. The molecule has 1 aromatic heterocycles. The molecule has 152 valence electrons. The van der Waals surface area contributed by atoms with Crippen LogP contribution in [0.2, 0.25) is 5.02 Å². The summed E-state index contributed by atoms with van der Waals surface area (Å²) in [6.07, 6.45) is 0. The number of hydrogen-bond donors (Lipinski definition) is 1. The lowest BCUT2D eigenvalue weighted by atomic mass is 10.2. The zero-order valence-corrected chi connectivity index (χ0v) is 19.1. The van der Waals surface area contributed by atoms with Crippen molar-refractivity contribution in [2.24, 2.45) is 0 Å². The number of carbonyl (C=O) groups is 1. The number of rotatable bonds is 8. The molecule has 0 aliphatic carbocycles. The molecule has 0 saturated heterocycles. The number of nitrogens with one attached hydrogen (secondary N) is 1. The van der Waals surface area contributed by atoms with Gasteiger partial charge in [0.25, 0.3) is 0 Å². The van der Waals surface area contributed by atoms with Gasteiger partial charge >= 0.3 is 0 Å². The van der Waals surface area contributed by atoms with Crippen LogP contribution in [0.25, 0.3) is 0 Å². The monoisotopic (exact) mass is 494 g/mol. The predicted octanol–water partition coefficient (Wildman–Crippen LogP) is 5.33. The summed E-state index contributed by atoms with van der Waals surface area (Å²) >= 11 is 10.7. The number of amides is 1. The molecule has 0 bridgehead atoms. The number of ether oxygens (including phenoxy) is 1. The number of anilines is 1. The Labute approximate surface area is 187 Å². The van der Waals surface area contributed by atoms with E-state index in [4.69, 9.17) is 16.3 Å².